The highest BCUT2D eigenvalue weighted by atomic mass is 127. The zero-order valence-corrected chi connectivity index (χ0v) is 20.8. The Hall–Kier alpha value is -1.17. The van der Waals surface area contributed by atoms with Gasteiger partial charge in [-0.1, -0.05) is 92.2 Å². The van der Waals surface area contributed by atoms with Crippen LogP contribution in [0.1, 0.15) is 60.3 Å². The van der Waals surface area contributed by atoms with Gasteiger partial charge in [0, 0.05) is 5.41 Å². The van der Waals surface area contributed by atoms with Gasteiger partial charge in [-0.2, -0.15) is 8.78 Å². The van der Waals surface area contributed by atoms with Gasteiger partial charge in [0.2, 0.25) is 0 Å². The maximum Gasteiger partial charge on any atom is 0.426 e. The summed E-state index contributed by atoms with van der Waals surface area (Å²) in [6.07, 6.45) is 15.8. The van der Waals surface area contributed by atoms with Crippen molar-refractivity contribution >= 4 is 22.6 Å². The van der Waals surface area contributed by atoms with Gasteiger partial charge in [-0.05, 0) is 62.3 Å². The summed E-state index contributed by atoms with van der Waals surface area (Å²) in [6, 6.07) is 0. The summed E-state index contributed by atoms with van der Waals surface area (Å²) in [7, 11) is 0. The highest BCUT2D eigenvalue weighted by Gasteiger charge is 2.39. The van der Waals surface area contributed by atoms with Gasteiger partial charge < -0.3 is 4.74 Å². The Morgan fingerprint density at radius 1 is 0.933 bits per heavy atom. The molecule has 3 aliphatic rings. The van der Waals surface area contributed by atoms with Gasteiger partial charge in [-0.3, -0.25) is 0 Å². The number of rotatable bonds is 4. The molecule has 1 nitrogen and oxygen atoms in total. The molecule has 0 bridgehead atoms. The van der Waals surface area contributed by atoms with Crippen LogP contribution >= 0.6 is 22.6 Å². The minimum atomic E-state index is -3.40. The lowest BCUT2D eigenvalue weighted by Crippen LogP contribution is -2.24. The van der Waals surface area contributed by atoms with Crippen LogP contribution in [0.3, 0.4) is 0 Å². The number of alkyl halides is 3. The third-order valence-corrected chi connectivity index (χ3v) is 6.66. The molecule has 1 fully saturated rings. The largest absolute Gasteiger partial charge is 0.429 e. The number of allylic oxidation sites excluding steroid dienone is 9. The molecule has 30 heavy (non-hydrogen) atoms. The molecule has 0 aromatic heterocycles. The maximum atomic E-state index is 15.3. The van der Waals surface area contributed by atoms with Crippen molar-refractivity contribution in [2.75, 3.05) is 0 Å². The molecular formula is C26H33F2IO. The summed E-state index contributed by atoms with van der Waals surface area (Å²) in [5.74, 6) is 1.41. The zero-order valence-electron chi connectivity index (χ0n) is 18.6. The van der Waals surface area contributed by atoms with Gasteiger partial charge in [0.15, 0.2) is 0 Å². The van der Waals surface area contributed by atoms with Crippen molar-refractivity contribution in [3.63, 3.8) is 0 Å². The number of ether oxygens (including phenoxy) is 1. The fraction of sp³-hybridized carbons (Fsp3) is 0.538. The Kier molecular flexibility index (Phi) is 6.86. The average Bonchev–Trinajstić information content (AvgIpc) is 2.85. The van der Waals surface area contributed by atoms with E-state index in [0.29, 0.717) is 5.92 Å². The molecule has 0 N–H and O–H groups in total. The Morgan fingerprint density at radius 3 is 2.27 bits per heavy atom. The monoisotopic (exact) mass is 526 g/mol. The molecule has 0 radical (unpaired) electrons. The fourth-order valence-corrected chi connectivity index (χ4v) is 5.33. The summed E-state index contributed by atoms with van der Waals surface area (Å²) in [5, 5.41) is 0. The van der Waals surface area contributed by atoms with Crippen LogP contribution in [0.2, 0.25) is 0 Å². The second-order valence-electron chi connectivity index (χ2n) is 9.89. The molecule has 0 aliphatic heterocycles. The van der Waals surface area contributed by atoms with E-state index in [9.17, 15) is 0 Å². The van der Waals surface area contributed by atoms with Gasteiger partial charge in [0.25, 0.3) is 0 Å². The summed E-state index contributed by atoms with van der Waals surface area (Å²) in [4.78, 5) is 0. The molecule has 0 heterocycles. The van der Waals surface area contributed by atoms with Gasteiger partial charge >= 0.3 is 6.11 Å². The summed E-state index contributed by atoms with van der Waals surface area (Å²) >= 11 is 2.24. The predicted octanol–water partition coefficient (Wildman–Crippen LogP) is 8.46. The van der Waals surface area contributed by atoms with Crippen molar-refractivity contribution in [3.05, 3.63) is 71.1 Å². The summed E-state index contributed by atoms with van der Waals surface area (Å²) < 4.78 is 35.4. The Morgan fingerprint density at radius 2 is 1.60 bits per heavy atom. The Bertz CT molecular complexity index is 844. The number of hydrogen-bond acceptors (Lipinski definition) is 1. The van der Waals surface area contributed by atoms with Crippen LogP contribution in [-0.2, 0) is 4.74 Å². The minimum Gasteiger partial charge on any atom is -0.429 e. The number of halogens is 3. The minimum absolute atomic E-state index is 0.0821. The molecule has 0 amide bonds. The molecule has 1 unspecified atom stereocenters. The van der Waals surface area contributed by atoms with Crippen LogP contribution in [0.5, 0.6) is 0 Å². The van der Waals surface area contributed by atoms with Crippen LogP contribution in [0.15, 0.2) is 71.1 Å². The van der Waals surface area contributed by atoms with Gasteiger partial charge in [0.1, 0.15) is 5.76 Å². The molecular weight excluding hydrogens is 493 g/mol. The SMILES string of the molecule is CC1=CC(C)(I)C=C(OC(F)(F)C2=CC(C)(C)C=C(C3CCC(C)CC3)C=C2)C=C1. The van der Waals surface area contributed by atoms with E-state index in [-0.39, 0.29) is 14.8 Å². The molecule has 164 valence electrons. The first kappa shape index (κ1) is 23.5. The molecule has 0 aromatic carbocycles. The third kappa shape index (κ3) is 6.18. The van der Waals surface area contributed by atoms with E-state index < -0.39 is 11.5 Å². The smallest absolute Gasteiger partial charge is 0.426 e. The Balaban J connectivity index is 1.83. The van der Waals surface area contributed by atoms with E-state index >= 15 is 8.78 Å². The van der Waals surface area contributed by atoms with Crippen LogP contribution in [-0.4, -0.2) is 9.53 Å². The van der Waals surface area contributed by atoms with Crippen molar-refractivity contribution in [2.24, 2.45) is 17.3 Å². The van der Waals surface area contributed by atoms with Crippen molar-refractivity contribution in [3.8, 4) is 0 Å². The van der Waals surface area contributed by atoms with Crippen molar-refractivity contribution in [1.82, 2.24) is 0 Å². The van der Waals surface area contributed by atoms with Crippen molar-refractivity contribution < 1.29 is 13.5 Å². The highest BCUT2D eigenvalue weighted by Crippen LogP contribution is 2.41. The van der Waals surface area contributed by atoms with Crippen LogP contribution in [0, 0.1) is 17.3 Å². The quantitative estimate of drug-likeness (QED) is 0.264. The molecule has 0 spiro atoms. The van der Waals surface area contributed by atoms with Crippen LogP contribution < -0.4 is 0 Å². The van der Waals surface area contributed by atoms with Gasteiger partial charge in [-0.25, -0.2) is 0 Å². The van der Waals surface area contributed by atoms with Gasteiger partial charge in [-0.15, -0.1) is 0 Å². The second-order valence-corrected chi connectivity index (χ2v) is 12.2. The third-order valence-electron chi connectivity index (χ3n) is 6.04. The van der Waals surface area contributed by atoms with E-state index in [2.05, 4.69) is 35.6 Å². The molecule has 0 saturated heterocycles. The first-order valence-corrected chi connectivity index (χ1v) is 11.9. The second kappa shape index (κ2) is 8.76. The Labute approximate surface area is 193 Å². The molecule has 0 aromatic rings. The number of hydrogen-bond donors (Lipinski definition) is 0. The molecule has 1 atom stereocenters. The zero-order chi connectivity index (χ0) is 22.2. The highest BCUT2D eigenvalue weighted by molar-refractivity contribution is 14.1. The van der Waals surface area contributed by atoms with E-state index in [1.807, 2.05) is 45.9 Å². The topological polar surface area (TPSA) is 9.23 Å². The predicted molar refractivity (Wildman–Crippen MR) is 130 cm³/mol. The van der Waals surface area contributed by atoms with E-state index in [4.69, 9.17) is 4.74 Å². The fourth-order valence-electron chi connectivity index (χ4n) is 4.53. The lowest BCUT2D eigenvalue weighted by atomic mass is 9.77. The first-order chi connectivity index (χ1) is 13.9. The standard InChI is InChI=1S/C26H33F2IO/c1-18-6-9-20(10-7-18)21-11-12-22(16-24(3,4)15-21)26(27,28)30-23-13-8-19(2)14-25(5,29)17-23/h8,11-18,20H,6-7,9-10H2,1-5H3. The summed E-state index contributed by atoms with van der Waals surface area (Å²) in [6.45, 7) is 10.2. The van der Waals surface area contributed by atoms with E-state index in [1.54, 1.807) is 24.3 Å². The van der Waals surface area contributed by atoms with Crippen LogP contribution in [0.4, 0.5) is 8.78 Å². The first-order valence-electron chi connectivity index (χ1n) is 10.9. The summed E-state index contributed by atoms with van der Waals surface area (Å²) in [5.41, 5.74) is 1.66. The van der Waals surface area contributed by atoms with Crippen molar-refractivity contribution in [2.45, 2.75) is 69.8 Å². The van der Waals surface area contributed by atoms with Crippen molar-refractivity contribution in [1.29, 1.82) is 0 Å². The molecule has 4 heteroatoms. The molecule has 3 rings (SSSR count). The van der Waals surface area contributed by atoms with Gasteiger partial charge in [0.05, 0.1) is 8.99 Å². The molecule has 3 aliphatic carbocycles. The maximum absolute atomic E-state index is 15.3. The lowest BCUT2D eigenvalue weighted by molar-refractivity contribution is -0.177. The lowest BCUT2D eigenvalue weighted by Gasteiger charge is -2.28. The normalized spacial score (nSPS) is 31.7. The molecule has 1 saturated carbocycles. The average molecular weight is 526 g/mol. The van der Waals surface area contributed by atoms with E-state index in [0.717, 1.165) is 24.3 Å². The van der Waals surface area contributed by atoms with E-state index in [1.165, 1.54) is 18.4 Å². The van der Waals surface area contributed by atoms with Crippen LogP contribution in [0.25, 0.3) is 0 Å².